The van der Waals surface area contributed by atoms with Gasteiger partial charge in [-0.3, -0.25) is 20.0 Å². The standard InChI is InChI=1S/C15H18N4O4/c1-9(20)10-4-6-18(7-5-10)15(21)14-12-8-11(19(22)23)2-3-13(12)16-17-14/h2-3,8-10,20H,4-7H2,1H3,(H,16,17). The predicted octanol–water partition coefficient (Wildman–Crippen LogP) is 1.70. The van der Waals surface area contributed by atoms with Gasteiger partial charge in [-0.1, -0.05) is 0 Å². The minimum Gasteiger partial charge on any atom is -0.393 e. The van der Waals surface area contributed by atoms with Gasteiger partial charge in [0.25, 0.3) is 11.6 Å². The zero-order valence-corrected chi connectivity index (χ0v) is 12.7. The molecule has 8 nitrogen and oxygen atoms in total. The van der Waals surface area contributed by atoms with Crippen molar-refractivity contribution in [1.29, 1.82) is 0 Å². The van der Waals surface area contributed by atoms with E-state index in [1.807, 2.05) is 0 Å². The van der Waals surface area contributed by atoms with Crippen LogP contribution in [0.3, 0.4) is 0 Å². The average molecular weight is 318 g/mol. The highest BCUT2D eigenvalue weighted by atomic mass is 16.6. The van der Waals surface area contributed by atoms with E-state index in [0.29, 0.717) is 24.0 Å². The summed E-state index contributed by atoms with van der Waals surface area (Å²) in [7, 11) is 0. The summed E-state index contributed by atoms with van der Waals surface area (Å²) in [6, 6.07) is 4.30. The topological polar surface area (TPSA) is 112 Å². The number of amides is 1. The molecule has 1 atom stereocenters. The summed E-state index contributed by atoms with van der Waals surface area (Å²) in [5.74, 6) is -0.0307. The molecule has 1 unspecified atom stereocenters. The lowest BCUT2D eigenvalue weighted by atomic mass is 9.92. The molecule has 0 saturated carbocycles. The Labute approximate surface area is 132 Å². The number of piperidine rings is 1. The lowest BCUT2D eigenvalue weighted by molar-refractivity contribution is -0.384. The average Bonchev–Trinajstić information content (AvgIpc) is 2.97. The maximum atomic E-state index is 12.6. The van der Waals surface area contributed by atoms with Crippen LogP contribution in [0.15, 0.2) is 18.2 Å². The molecule has 2 heterocycles. The number of hydrogen-bond acceptors (Lipinski definition) is 5. The van der Waals surface area contributed by atoms with Gasteiger partial charge in [-0.2, -0.15) is 5.10 Å². The number of carbonyl (C=O) groups is 1. The molecule has 3 rings (SSSR count). The summed E-state index contributed by atoms with van der Waals surface area (Å²) in [4.78, 5) is 24.7. The molecule has 1 amide bonds. The molecule has 2 aromatic rings. The zero-order valence-electron chi connectivity index (χ0n) is 12.7. The summed E-state index contributed by atoms with van der Waals surface area (Å²) >= 11 is 0. The number of fused-ring (bicyclic) bond motifs is 1. The van der Waals surface area contributed by atoms with Gasteiger partial charge in [-0.05, 0) is 31.7 Å². The Balaban J connectivity index is 1.84. The predicted molar refractivity (Wildman–Crippen MR) is 83.1 cm³/mol. The minimum atomic E-state index is -0.491. The molecule has 0 spiro atoms. The fraction of sp³-hybridized carbons (Fsp3) is 0.467. The van der Waals surface area contributed by atoms with Crippen molar-refractivity contribution in [3.05, 3.63) is 34.0 Å². The maximum Gasteiger partial charge on any atom is 0.274 e. The van der Waals surface area contributed by atoms with E-state index >= 15 is 0 Å². The van der Waals surface area contributed by atoms with Crippen LogP contribution in [0.5, 0.6) is 0 Å². The number of hydrogen-bond donors (Lipinski definition) is 2. The Morgan fingerprint density at radius 1 is 1.48 bits per heavy atom. The molecule has 1 aromatic heterocycles. The van der Waals surface area contributed by atoms with Gasteiger partial charge in [0, 0.05) is 30.6 Å². The Hall–Kier alpha value is -2.48. The largest absolute Gasteiger partial charge is 0.393 e. The van der Waals surface area contributed by atoms with E-state index < -0.39 is 4.92 Å². The highest BCUT2D eigenvalue weighted by Crippen LogP contribution is 2.25. The number of non-ortho nitro benzene ring substituents is 1. The summed E-state index contributed by atoms with van der Waals surface area (Å²) in [6.07, 6.45) is 1.11. The third kappa shape index (κ3) is 2.89. The Morgan fingerprint density at radius 3 is 2.78 bits per heavy atom. The lowest BCUT2D eigenvalue weighted by Gasteiger charge is -2.32. The highest BCUT2D eigenvalue weighted by Gasteiger charge is 2.28. The highest BCUT2D eigenvalue weighted by molar-refractivity contribution is 6.05. The third-order valence-corrected chi connectivity index (χ3v) is 4.47. The van der Waals surface area contributed by atoms with Gasteiger partial charge in [-0.15, -0.1) is 0 Å². The lowest BCUT2D eigenvalue weighted by Crippen LogP contribution is -2.40. The van der Waals surface area contributed by atoms with Crippen LogP contribution in [0, 0.1) is 16.0 Å². The SMILES string of the molecule is CC(O)C1CCN(C(=O)c2n[nH]c3ccc([N+](=O)[O-])cc23)CC1. The van der Waals surface area contributed by atoms with E-state index in [9.17, 15) is 20.0 Å². The zero-order chi connectivity index (χ0) is 16.6. The second-order valence-corrected chi connectivity index (χ2v) is 5.93. The van der Waals surface area contributed by atoms with E-state index in [1.54, 1.807) is 17.9 Å². The molecule has 1 saturated heterocycles. The molecule has 2 N–H and O–H groups in total. The van der Waals surface area contributed by atoms with Crippen molar-refractivity contribution >= 4 is 22.5 Å². The molecule has 0 bridgehead atoms. The monoisotopic (exact) mass is 318 g/mol. The molecule has 1 fully saturated rings. The van der Waals surface area contributed by atoms with Gasteiger partial charge in [0.05, 0.1) is 16.5 Å². The molecule has 1 aliphatic rings. The summed E-state index contributed by atoms with van der Waals surface area (Å²) in [6.45, 7) is 2.87. The van der Waals surface area contributed by atoms with Crippen molar-refractivity contribution in [2.75, 3.05) is 13.1 Å². The smallest absolute Gasteiger partial charge is 0.274 e. The van der Waals surface area contributed by atoms with E-state index in [2.05, 4.69) is 10.2 Å². The van der Waals surface area contributed by atoms with E-state index in [4.69, 9.17) is 0 Å². The van der Waals surface area contributed by atoms with E-state index in [0.717, 1.165) is 12.8 Å². The van der Waals surface area contributed by atoms with Gasteiger partial charge < -0.3 is 10.0 Å². The third-order valence-electron chi connectivity index (χ3n) is 4.47. The number of H-pyrrole nitrogens is 1. The number of aliphatic hydroxyl groups is 1. The van der Waals surface area contributed by atoms with Crippen molar-refractivity contribution in [3.63, 3.8) is 0 Å². The first-order chi connectivity index (χ1) is 11.0. The number of benzene rings is 1. The van der Waals surface area contributed by atoms with Crippen LogP contribution in [0.4, 0.5) is 5.69 Å². The molecule has 0 aliphatic carbocycles. The Morgan fingerprint density at radius 2 is 2.17 bits per heavy atom. The first kappa shape index (κ1) is 15.4. The van der Waals surface area contributed by atoms with Crippen LogP contribution in [-0.4, -0.2) is 50.2 Å². The van der Waals surface area contributed by atoms with Crippen molar-refractivity contribution in [1.82, 2.24) is 15.1 Å². The van der Waals surface area contributed by atoms with Crippen LogP contribution in [0.1, 0.15) is 30.3 Å². The van der Waals surface area contributed by atoms with Crippen molar-refractivity contribution in [2.24, 2.45) is 5.92 Å². The normalized spacial score (nSPS) is 17.4. The van der Waals surface area contributed by atoms with Crippen molar-refractivity contribution in [2.45, 2.75) is 25.9 Å². The molecule has 0 radical (unpaired) electrons. The summed E-state index contributed by atoms with van der Waals surface area (Å²) in [5, 5.41) is 27.8. The molecule has 8 heteroatoms. The van der Waals surface area contributed by atoms with Crippen LogP contribution >= 0.6 is 0 Å². The molecule has 23 heavy (non-hydrogen) atoms. The number of nitro benzene ring substituents is 1. The van der Waals surface area contributed by atoms with Crippen LogP contribution < -0.4 is 0 Å². The fourth-order valence-electron chi connectivity index (χ4n) is 3.01. The van der Waals surface area contributed by atoms with Gasteiger partial charge in [0.15, 0.2) is 5.69 Å². The second-order valence-electron chi connectivity index (χ2n) is 5.93. The van der Waals surface area contributed by atoms with Crippen molar-refractivity contribution in [3.8, 4) is 0 Å². The number of nitrogens with one attached hydrogen (secondary N) is 1. The number of nitrogens with zero attached hydrogens (tertiary/aromatic N) is 3. The molecular weight excluding hydrogens is 300 g/mol. The number of rotatable bonds is 3. The number of nitro groups is 1. The van der Waals surface area contributed by atoms with Gasteiger partial charge in [0.1, 0.15) is 0 Å². The number of aliphatic hydroxyl groups excluding tert-OH is 1. The second kappa shape index (κ2) is 5.96. The minimum absolute atomic E-state index is 0.0687. The number of likely N-dealkylation sites (tertiary alicyclic amines) is 1. The number of aromatic nitrogens is 2. The van der Waals surface area contributed by atoms with E-state index in [1.165, 1.54) is 12.1 Å². The summed E-state index contributed by atoms with van der Waals surface area (Å²) < 4.78 is 0. The fourth-order valence-corrected chi connectivity index (χ4v) is 3.01. The van der Waals surface area contributed by atoms with Gasteiger partial charge >= 0.3 is 0 Å². The summed E-state index contributed by atoms with van der Waals surface area (Å²) in [5.41, 5.74) is 0.734. The van der Waals surface area contributed by atoms with Crippen LogP contribution in [-0.2, 0) is 0 Å². The van der Waals surface area contributed by atoms with Crippen molar-refractivity contribution < 1.29 is 14.8 Å². The molecule has 122 valence electrons. The van der Waals surface area contributed by atoms with Crippen LogP contribution in [0.2, 0.25) is 0 Å². The molecular formula is C15H18N4O4. The van der Waals surface area contributed by atoms with E-state index in [-0.39, 0.29) is 29.3 Å². The quantitative estimate of drug-likeness (QED) is 0.660. The maximum absolute atomic E-state index is 12.6. The first-order valence-corrected chi connectivity index (χ1v) is 7.57. The van der Waals surface area contributed by atoms with Gasteiger partial charge in [-0.25, -0.2) is 0 Å². The Bertz CT molecular complexity index is 747. The Kier molecular flexibility index (Phi) is 3.99. The van der Waals surface area contributed by atoms with Crippen LogP contribution in [0.25, 0.3) is 10.9 Å². The van der Waals surface area contributed by atoms with Gasteiger partial charge in [0.2, 0.25) is 0 Å². The first-order valence-electron chi connectivity index (χ1n) is 7.57. The number of carbonyl (C=O) groups excluding carboxylic acids is 1. The molecule has 1 aromatic carbocycles. The number of aromatic amines is 1. The molecule has 1 aliphatic heterocycles.